The molecule has 3 aromatic rings. The number of hydrogen-bond acceptors (Lipinski definition) is 6. The predicted molar refractivity (Wildman–Crippen MR) is 120 cm³/mol. The van der Waals surface area contributed by atoms with Crippen LogP contribution in [0.2, 0.25) is 0 Å². The lowest BCUT2D eigenvalue weighted by Crippen LogP contribution is -2.36. The zero-order chi connectivity index (χ0) is 23.4. The monoisotopic (exact) mass is 476 g/mol. The maximum Gasteiger partial charge on any atom is 0.417 e. The Morgan fingerprint density at radius 1 is 1.12 bits per heavy atom. The number of amides is 1. The molecule has 0 radical (unpaired) electrons. The molecule has 1 fully saturated rings. The largest absolute Gasteiger partial charge is 0.417 e. The fourth-order valence-electron chi connectivity index (χ4n) is 3.51. The second kappa shape index (κ2) is 10.1. The summed E-state index contributed by atoms with van der Waals surface area (Å²) in [6.07, 6.45) is -4.44. The Morgan fingerprint density at radius 3 is 2.61 bits per heavy atom. The van der Waals surface area contributed by atoms with Gasteiger partial charge in [0.05, 0.1) is 36.5 Å². The lowest BCUT2D eigenvalue weighted by atomic mass is 10.2. The fourth-order valence-corrected chi connectivity index (χ4v) is 4.65. The van der Waals surface area contributed by atoms with Gasteiger partial charge < -0.3 is 10.1 Å². The highest BCUT2D eigenvalue weighted by molar-refractivity contribution is 7.99. The number of benzene rings is 2. The number of ether oxygens (including phenoxy) is 1. The lowest BCUT2D eigenvalue weighted by molar-refractivity contribution is -0.139. The number of anilines is 1. The van der Waals surface area contributed by atoms with Crippen LogP contribution in [-0.4, -0.2) is 47.1 Å². The first kappa shape index (κ1) is 23.5. The summed E-state index contributed by atoms with van der Waals surface area (Å²) in [5.41, 5.74) is -0.0557. The standard InChI is InChI=1S/C23H23F3N4O2S/c1-2-20(31)28-18-9-5-7-16(23(24,25)26)21(18)33-22-15-6-3-4-8-17(15)27-19(29-22)14-30-10-12-32-13-11-30/h3-9H,2,10-14H2,1H3,(H,28,31). The summed E-state index contributed by atoms with van der Waals surface area (Å²) >= 11 is 0.897. The molecule has 10 heteroatoms. The normalized spacial score (nSPS) is 15.0. The highest BCUT2D eigenvalue weighted by atomic mass is 32.2. The third kappa shape index (κ3) is 5.63. The van der Waals surface area contributed by atoms with E-state index in [1.165, 1.54) is 12.1 Å². The zero-order valence-electron chi connectivity index (χ0n) is 18.0. The Morgan fingerprint density at radius 2 is 1.88 bits per heavy atom. The van der Waals surface area contributed by atoms with Gasteiger partial charge in [-0.25, -0.2) is 9.97 Å². The van der Waals surface area contributed by atoms with Crippen LogP contribution in [0.25, 0.3) is 10.9 Å². The van der Waals surface area contributed by atoms with E-state index in [1.807, 2.05) is 12.1 Å². The summed E-state index contributed by atoms with van der Waals surface area (Å²) < 4.78 is 47.0. The van der Waals surface area contributed by atoms with Crippen LogP contribution in [0.15, 0.2) is 52.4 Å². The first-order valence-corrected chi connectivity index (χ1v) is 11.4. The van der Waals surface area contributed by atoms with Crippen LogP contribution >= 0.6 is 11.8 Å². The van der Waals surface area contributed by atoms with Gasteiger partial charge in [0.2, 0.25) is 5.91 Å². The molecule has 1 aliphatic rings. The van der Waals surface area contributed by atoms with Crippen LogP contribution < -0.4 is 5.32 Å². The average molecular weight is 477 g/mol. The molecule has 2 aromatic carbocycles. The number of aromatic nitrogens is 2. The van der Waals surface area contributed by atoms with Crippen molar-refractivity contribution in [3.05, 3.63) is 53.9 Å². The van der Waals surface area contributed by atoms with E-state index in [9.17, 15) is 18.0 Å². The first-order valence-electron chi connectivity index (χ1n) is 10.6. The first-order chi connectivity index (χ1) is 15.8. The van der Waals surface area contributed by atoms with Crippen LogP contribution in [0.3, 0.4) is 0 Å². The van der Waals surface area contributed by atoms with Crippen LogP contribution in [0.5, 0.6) is 0 Å². The van der Waals surface area contributed by atoms with Crippen molar-refractivity contribution >= 4 is 34.3 Å². The molecule has 0 saturated carbocycles. The predicted octanol–water partition coefficient (Wildman–Crippen LogP) is 4.98. The number of para-hydroxylation sites is 1. The number of nitrogens with one attached hydrogen (secondary N) is 1. The van der Waals surface area contributed by atoms with Gasteiger partial charge in [0, 0.05) is 29.8 Å². The van der Waals surface area contributed by atoms with Crippen molar-refractivity contribution in [3.8, 4) is 0 Å². The molecule has 4 rings (SSSR count). The molecule has 0 bridgehead atoms. The van der Waals surface area contributed by atoms with Crippen LogP contribution in [0, 0.1) is 0 Å². The number of alkyl halides is 3. The van der Waals surface area contributed by atoms with E-state index in [4.69, 9.17) is 4.74 Å². The summed E-state index contributed by atoms with van der Waals surface area (Å²) in [5, 5.41) is 3.66. The molecule has 1 saturated heterocycles. The number of fused-ring (bicyclic) bond motifs is 1. The third-order valence-electron chi connectivity index (χ3n) is 5.20. The lowest BCUT2D eigenvalue weighted by Gasteiger charge is -2.26. The fraction of sp³-hybridized carbons (Fsp3) is 0.348. The molecule has 2 heterocycles. The van der Waals surface area contributed by atoms with Crippen molar-refractivity contribution in [1.29, 1.82) is 0 Å². The summed E-state index contributed by atoms with van der Waals surface area (Å²) in [6.45, 7) is 4.84. The molecule has 1 amide bonds. The van der Waals surface area contributed by atoms with Crippen molar-refractivity contribution in [2.24, 2.45) is 0 Å². The molecule has 174 valence electrons. The van der Waals surface area contributed by atoms with E-state index in [1.54, 1.807) is 19.1 Å². The van der Waals surface area contributed by atoms with Crippen LogP contribution in [0.4, 0.5) is 18.9 Å². The molecule has 6 nitrogen and oxygen atoms in total. The summed E-state index contributed by atoms with van der Waals surface area (Å²) in [7, 11) is 0. The number of nitrogens with zero attached hydrogens (tertiary/aromatic N) is 3. The third-order valence-corrected chi connectivity index (χ3v) is 6.35. The molecule has 1 N–H and O–H groups in total. The second-order valence-electron chi connectivity index (χ2n) is 7.53. The number of carbonyl (C=O) groups is 1. The molecule has 0 spiro atoms. The Balaban J connectivity index is 1.78. The van der Waals surface area contributed by atoms with Gasteiger partial charge in [-0.1, -0.05) is 43.0 Å². The minimum absolute atomic E-state index is 0.0898. The van der Waals surface area contributed by atoms with E-state index < -0.39 is 11.7 Å². The highest BCUT2D eigenvalue weighted by Gasteiger charge is 2.35. The molecule has 0 aliphatic carbocycles. The smallest absolute Gasteiger partial charge is 0.379 e. The summed E-state index contributed by atoms with van der Waals surface area (Å²) in [6, 6.07) is 11.0. The van der Waals surface area contributed by atoms with Crippen LogP contribution in [0.1, 0.15) is 24.7 Å². The Labute approximate surface area is 193 Å². The Bertz CT molecular complexity index is 1150. The maximum atomic E-state index is 13.9. The zero-order valence-corrected chi connectivity index (χ0v) is 18.8. The second-order valence-corrected chi connectivity index (χ2v) is 8.53. The van der Waals surface area contributed by atoms with Gasteiger partial charge in [0.1, 0.15) is 10.9 Å². The number of morpholine rings is 1. The topological polar surface area (TPSA) is 67.4 Å². The van der Waals surface area contributed by atoms with Crippen molar-refractivity contribution in [2.45, 2.75) is 36.0 Å². The van der Waals surface area contributed by atoms with Crippen molar-refractivity contribution in [1.82, 2.24) is 14.9 Å². The van der Waals surface area contributed by atoms with Crippen molar-refractivity contribution < 1.29 is 22.7 Å². The van der Waals surface area contributed by atoms with E-state index in [2.05, 4.69) is 20.2 Å². The van der Waals surface area contributed by atoms with Gasteiger partial charge in [-0.05, 0) is 18.2 Å². The van der Waals surface area contributed by atoms with Crippen molar-refractivity contribution in [3.63, 3.8) is 0 Å². The van der Waals surface area contributed by atoms with E-state index in [0.29, 0.717) is 41.5 Å². The van der Waals surface area contributed by atoms with Crippen molar-refractivity contribution in [2.75, 3.05) is 31.6 Å². The SMILES string of the molecule is CCC(=O)Nc1cccc(C(F)(F)F)c1Sc1nc(CN2CCOCC2)nc2ccccc12. The van der Waals surface area contributed by atoms with Gasteiger partial charge in [-0.15, -0.1) is 0 Å². The molecule has 1 aromatic heterocycles. The number of rotatable bonds is 6. The highest BCUT2D eigenvalue weighted by Crippen LogP contribution is 2.44. The molecule has 1 aliphatic heterocycles. The molecular formula is C23H23F3N4O2S. The molecule has 33 heavy (non-hydrogen) atoms. The summed E-state index contributed by atoms with van der Waals surface area (Å²) in [5.74, 6) is 0.165. The Hall–Kier alpha value is -2.69. The van der Waals surface area contributed by atoms with E-state index in [0.717, 1.165) is 30.9 Å². The quantitative estimate of drug-likeness (QED) is 0.506. The molecular weight excluding hydrogens is 453 g/mol. The van der Waals surface area contributed by atoms with Crippen LogP contribution in [-0.2, 0) is 22.3 Å². The molecule has 0 atom stereocenters. The van der Waals surface area contributed by atoms with Gasteiger partial charge in [0.25, 0.3) is 0 Å². The Kier molecular flexibility index (Phi) is 7.16. The van der Waals surface area contributed by atoms with Gasteiger partial charge in [-0.3, -0.25) is 9.69 Å². The molecule has 0 unspecified atom stereocenters. The summed E-state index contributed by atoms with van der Waals surface area (Å²) in [4.78, 5) is 23.3. The average Bonchev–Trinajstić information content (AvgIpc) is 2.80. The minimum atomic E-state index is -4.59. The van der Waals surface area contributed by atoms with E-state index >= 15 is 0 Å². The maximum absolute atomic E-state index is 13.9. The number of carbonyl (C=O) groups excluding carboxylic acids is 1. The number of hydrogen-bond donors (Lipinski definition) is 1. The van der Waals surface area contributed by atoms with Gasteiger partial charge in [-0.2, -0.15) is 13.2 Å². The van der Waals surface area contributed by atoms with Gasteiger partial charge >= 0.3 is 6.18 Å². The number of halogens is 3. The van der Waals surface area contributed by atoms with Gasteiger partial charge in [0.15, 0.2) is 0 Å². The minimum Gasteiger partial charge on any atom is -0.379 e. The van der Waals surface area contributed by atoms with E-state index in [-0.39, 0.29) is 22.9 Å².